The molecular weight excluding hydrogens is 262 g/mol. The number of nitrogens with two attached hydrogens (primary N) is 1. The molecule has 0 aliphatic carbocycles. The maximum absolute atomic E-state index is 13.4. The molecule has 100 valence electrons. The number of nitrogens with zero attached hydrogens (tertiary/aromatic N) is 2. The van der Waals surface area contributed by atoms with Gasteiger partial charge in [-0.05, 0) is 23.8 Å². The largest absolute Gasteiger partial charge is 0.419 e. The number of aromatic nitrogens is 2. The van der Waals surface area contributed by atoms with Crippen LogP contribution in [0.1, 0.15) is 23.0 Å². The molecule has 0 spiro atoms. The molecule has 0 saturated heterocycles. The van der Waals surface area contributed by atoms with Gasteiger partial charge in [-0.2, -0.15) is 13.2 Å². The van der Waals surface area contributed by atoms with Gasteiger partial charge >= 0.3 is 6.18 Å². The first-order valence-corrected chi connectivity index (χ1v) is 5.28. The van der Waals surface area contributed by atoms with Gasteiger partial charge in [0.2, 0.25) is 0 Å². The molecule has 19 heavy (non-hydrogen) atoms. The van der Waals surface area contributed by atoms with E-state index in [2.05, 4.69) is 9.97 Å². The number of rotatable bonds is 2. The summed E-state index contributed by atoms with van der Waals surface area (Å²) in [6.45, 7) is 0. The Kier molecular flexibility index (Phi) is 3.48. The number of hydrogen-bond acceptors (Lipinski definition) is 3. The van der Waals surface area contributed by atoms with Crippen molar-refractivity contribution >= 4 is 0 Å². The van der Waals surface area contributed by atoms with Gasteiger partial charge in [0.15, 0.2) is 0 Å². The maximum Gasteiger partial charge on any atom is 0.419 e. The molecule has 2 rings (SSSR count). The van der Waals surface area contributed by atoms with Crippen LogP contribution in [0.5, 0.6) is 0 Å². The lowest BCUT2D eigenvalue weighted by atomic mass is 10.0. The fraction of sp³-hybridized carbons (Fsp3) is 0.167. The zero-order valence-electron chi connectivity index (χ0n) is 9.53. The lowest BCUT2D eigenvalue weighted by Crippen LogP contribution is -2.16. The highest BCUT2D eigenvalue weighted by molar-refractivity contribution is 5.31. The SMILES string of the molecule is NC(c1ccc(C(F)(F)F)c(F)c1)c1ncccn1. The highest BCUT2D eigenvalue weighted by atomic mass is 19.4. The predicted molar refractivity (Wildman–Crippen MR) is 59.5 cm³/mol. The molecule has 0 aliphatic rings. The fourth-order valence-electron chi connectivity index (χ4n) is 1.57. The van der Waals surface area contributed by atoms with Gasteiger partial charge in [-0.15, -0.1) is 0 Å². The summed E-state index contributed by atoms with van der Waals surface area (Å²) in [7, 11) is 0. The molecule has 1 aromatic carbocycles. The normalized spacial score (nSPS) is 13.3. The number of hydrogen-bond donors (Lipinski definition) is 1. The molecule has 0 amide bonds. The van der Waals surface area contributed by atoms with Gasteiger partial charge in [0.1, 0.15) is 11.6 Å². The van der Waals surface area contributed by atoms with Gasteiger partial charge in [-0.3, -0.25) is 0 Å². The standard InChI is InChI=1S/C12H9F4N3/c13-9-6-7(2-3-8(9)12(14,15)16)10(17)11-18-4-1-5-19-11/h1-6,10H,17H2. The summed E-state index contributed by atoms with van der Waals surface area (Å²) in [5, 5.41) is 0. The highest BCUT2D eigenvalue weighted by Gasteiger charge is 2.34. The second-order valence-electron chi connectivity index (χ2n) is 3.82. The van der Waals surface area contributed by atoms with Crippen LogP contribution in [0.2, 0.25) is 0 Å². The molecule has 1 unspecified atom stereocenters. The number of alkyl halides is 3. The molecule has 0 bridgehead atoms. The van der Waals surface area contributed by atoms with Crippen LogP contribution in [0.4, 0.5) is 17.6 Å². The third kappa shape index (κ3) is 2.87. The van der Waals surface area contributed by atoms with Crippen molar-refractivity contribution in [2.75, 3.05) is 0 Å². The molecule has 7 heteroatoms. The second kappa shape index (κ2) is 4.93. The summed E-state index contributed by atoms with van der Waals surface area (Å²) in [6, 6.07) is 3.23. The van der Waals surface area contributed by atoms with Crippen molar-refractivity contribution in [3.63, 3.8) is 0 Å². The smallest absolute Gasteiger partial charge is 0.318 e. The van der Waals surface area contributed by atoms with E-state index in [-0.39, 0.29) is 11.4 Å². The van der Waals surface area contributed by atoms with Crippen LogP contribution in [0.15, 0.2) is 36.7 Å². The Morgan fingerprint density at radius 1 is 1.11 bits per heavy atom. The van der Waals surface area contributed by atoms with Gasteiger partial charge in [-0.1, -0.05) is 6.07 Å². The number of benzene rings is 1. The first kappa shape index (κ1) is 13.4. The zero-order valence-corrected chi connectivity index (χ0v) is 9.53. The van der Waals surface area contributed by atoms with E-state index >= 15 is 0 Å². The molecular formula is C12H9F4N3. The average Bonchev–Trinajstić information content (AvgIpc) is 2.37. The third-order valence-corrected chi connectivity index (χ3v) is 2.52. The summed E-state index contributed by atoms with van der Waals surface area (Å²) in [5.74, 6) is -1.15. The average molecular weight is 271 g/mol. The lowest BCUT2D eigenvalue weighted by Gasteiger charge is -2.13. The molecule has 0 fully saturated rings. The Labute approximate surface area is 106 Å². The molecule has 1 aromatic heterocycles. The van der Waals surface area contributed by atoms with E-state index in [0.29, 0.717) is 6.07 Å². The minimum atomic E-state index is -4.73. The summed E-state index contributed by atoms with van der Waals surface area (Å²) < 4.78 is 50.6. The van der Waals surface area contributed by atoms with Gasteiger partial charge in [0.25, 0.3) is 0 Å². The van der Waals surface area contributed by atoms with E-state index in [4.69, 9.17) is 5.73 Å². The van der Waals surface area contributed by atoms with Gasteiger partial charge < -0.3 is 5.73 Å². The van der Waals surface area contributed by atoms with Crippen molar-refractivity contribution in [3.8, 4) is 0 Å². The number of halogens is 4. The van der Waals surface area contributed by atoms with Crippen LogP contribution in [-0.4, -0.2) is 9.97 Å². The minimum absolute atomic E-state index is 0.178. The Morgan fingerprint density at radius 3 is 2.26 bits per heavy atom. The van der Waals surface area contributed by atoms with E-state index in [1.54, 1.807) is 6.07 Å². The second-order valence-corrected chi connectivity index (χ2v) is 3.82. The zero-order chi connectivity index (χ0) is 14.0. The van der Waals surface area contributed by atoms with Gasteiger partial charge in [-0.25, -0.2) is 14.4 Å². The van der Waals surface area contributed by atoms with E-state index < -0.39 is 23.6 Å². The highest BCUT2D eigenvalue weighted by Crippen LogP contribution is 2.32. The molecule has 0 saturated carbocycles. The van der Waals surface area contributed by atoms with Crippen molar-refractivity contribution < 1.29 is 17.6 Å². The van der Waals surface area contributed by atoms with E-state index in [0.717, 1.165) is 12.1 Å². The van der Waals surface area contributed by atoms with E-state index in [1.807, 2.05) is 0 Å². The van der Waals surface area contributed by atoms with Crippen LogP contribution >= 0.6 is 0 Å². The first-order valence-electron chi connectivity index (χ1n) is 5.28. The first-order chi connectivity index (χ1) is 8.89. The van der Waals surface area contributed by atoms with E-state index in [9.17, 15) is 17.6 Å². The summed E-state index contributed by atoms with van der Waals surface area (Å²) in [6.07, 6.45) is -1.83. The Bertz CT molecular complexity index is 569. The molecule has 0 aliphatic heterocycles. The minimum Gasteiger partial charge on any atom is -0.318 e. The maximum atomic E-state index is 13.4. The third-order valence-electron chi connectivity index (χ3n) is 2.52. The van der Waals surface area contributed by atoms with Crippen molar-refractivity contribution in [2.24, 2.45) is 5.73 Å². The lowest BCUT2D eigenvalue weighted by molar-refractivity contribution is -0.140. The van der Waals surface area contributed by atoms with Crippen LogP contribution in [-0.2, 0) is 6.18 Å². The van der Waals surface area contributed by atoms with Crippen molar-refractivity contribution in [1.82, 2.24) is 9.97 Å². The van der Waals surface area contributed by atoms with Crippen LogP contribution in [0.3, 0.4) is 0 Å². The van der Waals surface area contributed by atoms with Crippen LogP contribution < -0.4 is 5.73 Å². The fourth-order valence-corrected chi connectivity index (χ4v) is 1.57. The topological polar surface area (TPSA) is 51.8 Å². The van der Waals surface area contributed by atoms with Gasteiger partial charge in [0, 0.05) is 12.4 Å². The van der Waals surface area contributed by atoms with E-state index in [1.165, 1.54) is 12.4 Å². The predicted octanol–water partition coefficient (Wildman–Crippen LogP) is 2.68. The van der Waals surface area contributed by atoms with Crippen molar-refractivity contribution in [1.29, 1.82) is 0 Å². The quantitative estimate of drug-likeness (QED) is 0.854. The molecule has 1 atom stereocenters. The Balaban J connectivity index is 2.35. The summed E-state index contributed by atoms with van der Waals surface area (Å²) in [4.78, 5) is 7.75. The Hall–Kier alpha value is -2.02. The Morgan fingerprint density at radius 2 is 1.74 bits per heavy atom. The van der Waals surface area contributed by atoms with Gasteiger partial charge in [0.05, 0.1) is 11.6 Å². The van der Waals surface area contributed by atoms with Crippen molar-refractivity contribution in [3.05, 3.63) is 59.4 Å². The van der Waals surface area contributed by atoms with Crippen molar-refractivity contribution in [2.45, 2.75) is 12.2 Å². The summed E-state index contributed by atoms with van der Waals surface area (Å²) >= 11 is 0. The van der Waals surface area contributed by atoms with Crippen LogP contribution in [0, 0.1) is 5.82 Å². The molecule has 3 nitrogen and oxygen atoms in total. The monoisotopic (exact) mass is 271 g/mol. The molecule has 2 aromatic rings. The molecule has 0 radical (unpaired) electrons. The molecule has 2 N–H and O–H groups in total. The van der Waals surface area contributed by atoms with Crippen LogP contribution in [0.25, 0.3) is 0 Å². The molecule has 1 heterocycles. The summed E-state index contributed by atoms with van der Waals surface area (Å²) in [5.41, 5.74) is 4.63.